The van der Waals surface area contributed by atoms with E-state index < -0.39 is 32.5 Å². The van der Waals surface area contributed by atoms with Crippen molar-refractivity contribution in [1.29, 1.82) is 0 Å². The number of carbonyl (C=O) groups is 2. The zero-order chi connectivity index (χ0) is 41.8. The Morgan fingerprint density at radius 2 is 0.982 bits per heavy atom. The van der Waals surface area contributed by atoms with E-state index in [0.29, 0.717) is 19.3 Å². The third-order valence-corrected chi connectivity index (χ3v) is 8.83. The van der Waals surface area contributed by atoms with Crippen LogP contribution in [0.1, 0.15) is 129 Å². The van der Waals surface area contributed by atoms with E-state index in [-0.39, 0.29) is 32.6 Å². The number of allylic oxidation sites excluding steroid dienone is 20. The summed E-state index contributed by atoms with van der Waals surface area (Å²) in [6.07, 6.45) is 56.8. The number of hydrogen-bond donors (Lipinski definition) is 2. The van der Waals surface area contributed by atoms with Gasteiger partial charge in [0.1, 0.15) is 6.61 Å². The molecular formula is C47H74NO8P. The summed E-state index contributed by atoms with van der Waals surface area (Å²) in [7, 11) is -4.42. The van der Waals surface area contributed by atoms with Crippen molar-refractivity contribution in [2.75, 3.05) is 26.4 Å². The van der Waals surface area contributed by atoms with Gasteiger partial charge >= 0.3 is 19.8 Å². The van der Waals surface area contributed by atoms with E-state index in [0.717, 1.165) is 57.8 Å². The molecule has 3 N–H and O–H groups in total. The summed E-state index contributed by atoms with van der Waals surface area (Å²) in [6.45, 7) is 3.40. The van der Waals surface area contributed by atoms with Crippen LogP contribution in [0.3, 0.4) is 0 Å². The van der Waals surface area contributed by atoms with Crippen molar-refractivity contribution in [2.45, 2.75) is 136 Å². The molecule has 9 nitrogen and oxygen atoms in total. The predicted octanol–water partition coefficient (Wildman–Crippen LogP) is 12.2. The van der Waals surface area contributed by atoms with E-state index in [1.807, 2.05) is 18.2 Å². The monoisotopic (exact) mass is 812 g/mol. The van der Waals surface area contributed by atoms with Crippen molar-refractivity contribution in [3.63, 3.8) is 0 Å². The summed E-state index contributed by atoms with van der Waals surface area (Å²) in [6, 6.07) is 0. The number of carbonyl (C=O) groups excluding carboxylic acids is 2. The van der Waals surface area contributed by atoms with Gasteiger partial charge in [0.05, 0.1) is 13.2 Å². The molecule has 1 unspecified atom stereocenters. The Hall–Kier alpha value is -3.59. The van der Waals surface area contributed by atoms with Crippen molar-refractivity contribution in [2.24, 2.45) is 5.73 Å². The van der Waals surface area contributed by atoms with Gasteiger partial charge < -0.3 is 20.1 Å². The number of unbranched alkanes of at least 4 members (excludes halogenated alkanes) is 4. The second kappa shape index (κ2) is 42.0. The Kier molecular flexibility index (Phi) is 39.4. The molecule has 0 bridgehead atoms. The van der Waals surface area contributed by atoms with Crippen LogP contribution in [-0.4, -0.2) is 49.3 Å². The first kappa shape index (κ1) is 53.4. The van der Waals surface area contributed by atoms with Gasteiger partial charge in [0.2, 0.25) is 0 Å². The van der Waals surface area contributed by atoms with Crippen molar-refractivity contribution >= 4 is 19.8 Å². The highest BCUT2D eigenvalue weighted by atomic mass is 31.2. The van der Waals surface area contributed by atoms with Crippen molar-refractivity contribution in [3.05, 3.63) is 122 Å². The third-order valence-electron chi connectivity index (χ3n) is 7.85. The van der Waals surface area contributed by atoms with Gasteiger partial charge in [0.25, 0.3) is 0 Å². The number of phosphoric ester groups is 1. The summed E-state index contributed by atoms with van der Waals surface area (Å²) >= 11 is 0. The maximum absolute atomic E-state index is 12.5. The van der Waals surface area contributed by atoms with Crippen LogP contribution in [0.2, 0.25) is 0 Å². The number of phosphoric acid groups is 1. The Balaban J connectivity index is 4.43. The molecule has 0 fully saturated rings. The Morgan fingerprint density at radius 1 is 0.544 bits per heavy atom. The zero-order valence-electron chi connectivity index (χ0n) is 35.0. The fraction of sp³-hybridized carbons (Fsp3) is 0.532. The second-order valence-electron chi connectivity index (χ2n) is 13.1. The SMILES string of the molecule is CC/C=C\C/C=C\C/C=C\C/C=C\C/C=C\CCCC(=O)OC[C@H](COP(=O)(O)OCCN)OC(=O)CC/C=C\C/C=C\C/C=C\C/C=C\C/C=C\CCCCC. The van der Waals surface area contributed by atoms with E-state index in [4.69, 9.17) is 24.3 Å². The van der Waals surface area contributed by atoms with Gasteiger partial charge in [-0.15, -0.1) is 0 Å². The zero-order valence-corrected chi connectivity index (χ0v) is 35.9. The quantitative estimate of drug-likeness (QED) is 0.0272. The molecule has 0 heterocycles. The molecule has 2 atom stereocenters. The Labute approximate surface area is 345 Å². The average Bonchev–Trinajstić information content (AvgIpc) is 3.20. The first-order valence-electron chi connectivity index (χ1n) is 21.0. The molecule has 0 aromatic heterocycles. The van der Waals surface area contributed by atoms with Crippen molar-refractivity contribution in [1.82, 2.24) is 0 Å². The molecule has 0 amide bonds. The minimum absolute atomic E-state index is 0.0273. The van der Waals surface area contributed by atoms with Gasteiger partial charge in [-0.3, -0.25) is 18.6 Å². The van der Waals surface area contributed by atoms with E-state index in [1.54, 1.807) is 0 Å². The topological polar surface area (TPSA) is 134 Å². The Morgan fingerprint density at radius 3 is 1.44 bits per heavy atom. The number of ether oxygens (including phenoxy) is 2. The lowest BCUT2D eigenvalue weighted by atomic mass is 10.2. The van der Waals surface area contributed by atoms with E-state index in [1.165, 1.54) is 25.7 Å². The molecule has 0 aliphatic carbocycles. The minimum atomic E-state index is -4.42. The fourth-order valence-electron chi connectivity index (χ4n) is 4.77. The van der Waals surface area contributed by atoms with Crippen LogP contribution in [-0.2, 0) is 32.7 Å². The molecule has 0 aliphatic rings. The molecular weight excluding hydrogens is 737 g/mol. The molecule has 0 aromatic rings. The lowest BCUT2D eigenvalue weighted by Crippen LogP contribution is -2.29. The number of rotatable bonds is 37. The summed E-state index contributed by atoms with van der Waals surface area (Å²) in [4.78, 5) is 34.8. The summed E-state index contributed by atoms with van der Waals surface area (Å²) < 4.78 is 32.6. The second-order valence-corrected chi connectivity index (χ2v) is 14.6. The molecule has 320 valence electrons. The maximum Gasteiger partial charge on any atom is 0.472 e. The first-order valence-corrected chi connectivity index (χ1v) is 22.5. The number of nitrogens with two attached hydrogens (primary N) is 1. The highest BCUT2D eigenvalue weighted by Crippen LogP contribution is 2.43. The molecule has 10 heteroatoms. The largest absolute Gasteiger partial charge is 0.472 e. The molecule has 0 aliphatic heterocycles. The first-order chi connectivity index (χ1) is 27.8. The van der Waals surface area contributed by atoms with Crippen LogP contribution < -0.4 is 5.73 Å². The van der Waals surface area contributed by atoms with Crippen LogP contribution in [0, 0.1) is 0 Å². The summed E-state index contributed by atoms with van der Waals surface area (Å²) in [5, 5.41) is 0. The minimum Gasteiger partial charge on any atom is -0.462 e. The van der Waals surface area contributed by atoms with Gasteiger partial charge in [0, 0.05) is 19.4 Å². The van der Waals surface area contributed by atoms with Crippen LogP contribution in [0.4, 0.5) is 0 Å². The molecule has 0 saturated carbocycles. The fourth-order valence-corrected chi connectivity index (χ4v) is 5.53. The average molecular weight is 812 g/mol. The smallest absolute Gasteiger partial charge is 0.462 e. The van der Waals surface area contributed by atoms with Gasteiger partial charge in [-0.2, -0.15) is 0 Å². The number of hydrogen-bond acceptors (Lipinski definition) is 8. The van der Waals surface area contributed by atoms with Crippen LogP contribution >= 0.6 is 7.82 Å². The highest BCUT2D eigenvalue weighted by molar-refractivity contribution is 7.47. The van der Waals surface area contributed by atoms with Crippen LogP contribution in [0.15, 0.2) is 122 Å². The lowest BCUT2D eigenvalue weighted by molar-refractivity contribution is -0.161. The molecule has 0 aromatic carbocycles. The third kappa shape index (κ3) is 41.9. The lowest BCUT2D eigenvalue weighted by Gasteiger charge is -2.19. The van der Waals surface area contributed by atoms with Crippen LogP contribution in [0.5, 0.6) is 0 Å². The maximum atomic E-state index is 12.5. The standard InChI is InChI=1S/C47H74NO8P/c1-3-5-7-9-11-13-15-17-19-21-22-24-26-28-30-32-34-36-38-40-47(50)56-45(44-55-57(51,52)54-42-41-48)43-53-46(49)39-37-35-33-31-29-27-25-23-20-18-16-14-12-10-8-6-4-2/h6,8,11-14,17-20,22,24-25,27-28,30-31,33-34,36,45H,3-5,7,9-10,15-16,21,23,26,29,32,35,37-44,48H2,1-2H3,(H,51,52)/b8-6-,13-11-,14-12-,19-17-,20-18-,24-22-,27-25-,30-28-,33-31-,36-34-/t45-/m1/s1. The molecule has 57 heavy (non-hydrogen) atoms. The van der Waals surface area contributed by atoms with E-state index in [2.05, 4.69) is 117 Å². The molecule has 0 radical (unpaired) electrons. The highest BCUT2D eigenvalue weighted by Gasteiger charge is 2.25. The van der Waals surface area contributed by atoms with Gasteiger partial charge in [0.15, 0.2) is 6.10 Å². The van der Waals surface area contributed by atoms with E-state index >= 15 is 0 Å². The Bertz CT molecular complexity index is 1340. The van der Waals surface area contributed by atoms with Gasteiger partial charge in [-0.1, -0.05) is 148 Å². The van der Waals surface area contributed by atoms with Crippen molar-refractivity contribution < 1.29 is 37.6 Å². The molecule has 0 saturated heterocycles. The van der Waals surface area contributed by atoms with Crippen LogP contribution in [0.25, 0.3) is 0 Å². The normalized spacial score (nSPS) is 14.5. The predicted molar refractivity (Wildman–Crippen MR) is 237 cm³/mol. The van der Waals surface area contributed by atoms with Gasteiger partial charge in [-0.25, -0.2) is 4.57 Å². The van der Waals surface area contributed by atoms with Gasteiger partial charge in [-0.05, 0) is 89.9 Å². The summed E-state index contributed by atoms with van der Waals surface area (Å²) in [5.41, 5.74) is 5.33. The molecule has 0 spiro atoms. The van der Waals surface area contributed by atoms with E-state index in [9.17, 15) is 19.0 Å². The molecule has 0 rings (SSSR count). The van der Waals surface area contributed by atoms with Crippen molar-refractivity contribution in [3.8, 4) is 0 Å². The summed E-state index contributed by atoms with van der Waals surface area (Å²) in [5.74, 6) is -1.01. The number of esters is 2.